The summed E-state index contributed by atoms with van der Waals surface area (Å²) in [6.07, 6.45) is 5.94. The van der Waals surface area contributed by atoms with Crippen LogP contribution in [-0.2, 0) is 4.79 Å². The van der Waals surface area contributed by atoms with E-state index in [1.807, 2.05) is 16.7 Å². The third kappa shape index (κ3) is 3.75. The number of nitrogens with zero attached hydrogens (tertiary/aromatic N) is 4. The molecule has 0 unspecified atom stereocenters. The Labute approximate surface area is 166 Å². The summed E-state index contributed by atoms with van der Waals surface area (Å²) in [4.78, 5) is 20.1. The number of aromatic nitrogens is 5. The van der Waals surface area contributed by atoms with Crippen molar-refractivity contribution in [3.8, 4) is 11.6 Å². The van der Waals surface area contributed by atoms with Crippen molar-refractivity contribution in [3.05, 3.63) is 54.5 Å². The van der Waals surface area contributed by atoms with Crippen molar-refractivity contribution in [2.24, 2.45) is 0 Å². The summed E-state index contributed by atoms with van der Waals surface area (Å²) in [5.41, 5.74) is 2.54. The van der Waals surface area contributed by atoms with Crippen LogP contribution in [0.25, 0.3) is 5.65 Å². The summed E-state index contributed by atoms with van der Waals surface area (Å²) in [5.74, 6) is 2.73. The molecule has 0 bridgehead atoms. The van der Waals surface area contributed by atoms with Gasteiger partial charge in [0.05, 0.1) is 0 Å². The van der Waals surface area contributed by atoms with E-state index in [4.69, 9.17) is 4.74 Å². The number of aromatic amines is 1. The average Bonchev–Trinajstić information content (AvgIpc) is 3.25. The highest BCUT2D eigenvalue weighted by atomic mass is 16.5. The quantitative estimate of drug-likeness (QED) is 0.462. The van der Waals surface area contributed by atoms with Gasteiger partial charge < -0.3 is 15.4 Å². The second-order valence-electron chi connectivity index (χ2n) is 6.99. The van der Waals surface area contributed by atoms with E-state index in [9.17, 15) is 4.79 Å². The van der Waals surface area contributed by atoms with Gasteiger partial charge in [-0.1, -0.05) is 0 Å². The van der Waals surface area contributed by atoms with Gasteiger partial charge in [-0.15, -0.1) is 0 Å². The Balaban J connectivity index is 1.40. The second-order valence-corrected chi connectivity index (χ2v) is 6.99. The summed E-state index contributed by atoms with van der Waals surface area (Å²) >= 11 is 0. The maximum absolute atomic E-state index is 11.1. The van der Waals surface area contributed by atoms with Crippen molar-refractivity contribution in [3.63, 3.8) is 0 Å². The van der Waals surface area contributed by atoms with Crippen molar-refractivity contribution in [2.45, 2.75) is 25.7 Å². The summed E-state index contributed by atoms with van der Waals surface area (Å²) in [6.45, 7) is 1.47. The zero-order valence-corrected chi connectivity index (χ0v) is 15.7. The number of imidazole rings is 1. The van der Waals surface area contributed by atoms with Gasteiger partial charge in [0, 0.05) is 48.7 Å². The minimum atomic E-state index is -0.121. The SMILES string of the molecule is CC(=O)Nc1ccc(Oc2cc3nccn3c(Nc3cc(C4CC4)[nH]n3)n2)cc1. The summed E-state index contributed by atoms with van der Waals surface area (Å²) < 4.78 is 7.73. The molecule has 1 aliphatic rings. The lowest BCUT2D eigenvalue weighted by Crippen LogP contribution is -2.05. The van der Waals surface area contributed by atoms with Crippen LogP contribution in [0.5, 0.6) is 11.6 Å². The van der Waals surface area contributed by atoms with Crippen LogP contribution in [0.4, 0.5) is 17.5 Å². The van der Waals surface area contributed by atoms with E-state index < -0.39 is 0 Å². The van der Waals surface area contributed by atoms with Crippen LogP contribution in [0, 0.1) is 0 Å². The molecule has 0 spiro atoms. The van der Waals surface area contributed by atoms with Crippen molar-refractivity contribution in [2.75, 3.05) is 10.6 Å². The smallest absolute Gasteiger partial charge is 0.226 e. The molecule has 1 fully saturated rings. The van der Waals surface area contributed by atoms with Gasteiger partial charge in [-0.2, -0.15) is 10.1 Å². The first-order chi connectivity index (χ1) is 14.1. The molecule has 9 nitrogen and oxygen atoms in total. The third-order valence-electron chi connectivity index (χ3n) is 4.62. The molecule has 0 atom stereocenters. The van der Waals surface area contributed by atoms with E-state index >= 15 is 0 Å². The van der Waals surface area contributed by atoms with E-state index in [0.29, 0.717) is 40.6 Å². The summed E-state index contributed by atoms with van der Waals surface area (Å²) in [5, 5.41) is 13.4. The van der Waals surface area contributed by atoms with Gasteiger partial charge in [0.25, 0.3) is 0 Å². The Bertz CT molecular complexity index is 1180. The minimum absolute atomic E-state index is 0.121. The van der Waals surface area contributed by atoms with Gasteiger partial charge in [0.15, 0.2) is 5.82 Å². The minimum Gasteiger partial charge on any atom is -0.439 e. The Hall–Kier alpha value is -3.88. The maximum Gasteiger partial charge on any atom is 0.226 e. The molecule has 3 heterocycles. The number of benzene rings is 1. The molecule has 1 aromatic carbocycles. The molecule has 0 aliphatic heterocycles. The Morgan fingerprint density at radius 1 is 1.24 bits per heavy atom. The van der Waals surface area contributed by atoms with E-state index in [1.165, 1.54) is 19.8 Å². The lowest BCUT2D eigenvalue weighted by Gasteiger charge is -2.10. The molecule has 1 amide bonds. The molecule has 1 saturated carbocycles. The van der Waals surface area contributed by atoms with Crippen molar-refractivity contribution in [1.29, 1.82) is 0 Å². The predicted molar refractivity (Wildman–Crippen MR) is 108 cm³/mol. The average molecular weight is 389 g/mol. The second kappa shape index (κ2) is 6.93. The Morgan fingerprint density at radius 3 is 2.83 bits per heavy atom. The van der Waals surface area contributed by atoms with Crippen LogP contribution in [0.2, 0.25) is 0 Å². The van der Waals surface area contributed by atoms with Crippen LogP contribution in [0.3, 0.4) is 0 Å². The number of rotatable bonds is 6. The fourth-order valence-corrected chi connectivity index (χ4v) is 3.09. The number of H-pyrrole nitrogens is 1. The highest BCUT2D eigenvalue weighted by Gasteiger charge is 2.25. The number of carbonyl (C=O) groups is 1. The van der Waals surface area contributed by atoms with Gasteiger partial charge in [0.2, 0.25) is 17.7 Å². The number of hydrogen-bond donors (Lipinski definition) is 3. The van der Waals surface area contributed by atoms with E-state index in [2.05, 4.69) is 30.8 Å². The Morgan fingerprint density at radius 2 is 2.07 bits per heavy atom. The van der Waals surface area contributed by atoms with E-state index in [-0.39, 0.29) is 5.91 Å². The van der Waals surface area contributed by atoms with Crippen LogP contribution >= 0.6 is 0 Å². The van der Waals surface area contributed by atoms with Crippen LogP contribution in [-0.4, -0.2) is 30.5 Å². The molecule has 4 aromatic rings. The number of fused-ring (bicyclic) bond motifs is 1. The largest absolute Gasteiger partial charge is 0.439 e. The molecular formula is C20H19N7O2. The number of nitrogens with one attached hydrogen (secondary N) is 3. The number of anilines is 3. The summed E-state index contributed by atoms with van der Waals surface area (Å²) in [7, 11) is 0. The van der Waals surface area contributed by atoms with Crippen molar-refractivity contribution in [1.82, 2.24) is 24.6 Å². The highest BCUT2D eigenvalue weighted by molar-refractivity contribution is 5.88. The Kier molecular flexibility index (Phi) is 4.12. The zero-order valence-electron chi connectivity index (χ0n) is 15.7. The molecule has 3 N–H and O–H groups in total. The number of amides is 1. The van der Waals surface area contributed by atoms with Crippen molar-refractivity contribution < 1.29 is 9.53 Å². The number of hydrogen-bond acceptors (Lipinski definition) is 6. The topological polar surface area (TPSA) is 109 Å². The lowest BCUT2D eigenvalue weighted by atomic mass is 10.3. The maximum atomic E-state index is 11.1. The third-order valence-corrected chi connectivity index (χ3v) is 4.62. The first kappa shape index (κ1) is 17.2. The van der Waals surface area contributed by atoms with Crippen molar-refractivity contribution >= 4 is 29.0 Å². The summed E-state index contributed by atoms with van der Waals surface area (Å²) in [6, 6.07) is 10.8. The normalized spacial score (nSPS) is 13.4. The predicted octanol–water partition coefficient (Wildman–Crippen LogP) is 3.82. The van der Waals surface area contributed by atoms with Gasteiger partial charge in [-0.05, 0) is 37.1 Å². The monoisotopic (exact) mass is 389 g/mol. The fourth-order valence-electron chi connectivity index (χ4n) is 3.09. The fraction of sp³-hybridized carbons (Fsp3) is 0.200. The molecule has 9 heteroatoms. The molecular weight excluding hydrogens is 370 g/mol. The molecule has 146 valence electrons. The van der Waals surface area contributed by atoms with Crippen LogP contribution in [0.1, 0.15) is 31.4 Å². The molecule has 29 heavy (non-hydrogen) atoms. The van der Waals surface area contributed by atoms with Gasteiger partial charge in [-0.25, -0.2) is 4.98 Å². The zero-order chi connectivity index (χ0) is 19.8. The van der Waals surface area contributed by atoms with Gasteiger partial charge >= 0.3 is 0 Å². The van der Waals surface area contributed by atoms with Gasteiger partial charge in [0.1, 0.15) is 11.4 Å². The molecule has 0 radical (unpaired) electrons. The van der Waals surface area contributed by atoms with E-state index in [0.717, 1.165) is 5.69 Å². The number of ether oxygens (including phenoxy) is 1. The van der Waals surface area contributed by atoms with Crippen LogP contribution in [0.15, 0.2) is 48.8 Å². The molecule has 1 aliphatic carbocycles. The first-order valence-electron chi connectivity index (χ1n) is 9.36. The number of carbonyl (C=O) groups excluding carboxylic acids is 1. The molecule has 0 saturated heterocycles. The van der Waals surface area contributed by atoms with Crippen LogP contribution < -0.4 is 15.4 Å². The lowest BCUT2D eigenvalue weighted by molar-refractivity contribution is -0.114. The standard InChI is InChI=1S/C20H19N7O2/c1-12(28)22-14-4-6-15(7-5-14)29-19-11-18-21-8-9-27(18)20(24-19)23-17-10-16(25-26-17)13-2-3-13/h4-11,13H,2-3H2,1H3,(H,22,28)(H2,23,24,25,26). The molecule has 5 rings (SSSR count). The molecule has 3 aromatic heterocycles. The highest BCUT2D eigenvalue weighted by Crippen LogP contribution is 2.39. The van der Waals surface area contributed by atoms with E-state index in [1.54, 1.807) is 36.5 Å². The first-order valence-corrected chi connectivity index (χ1v) is 9.36. The van der Waals surface area contributed by atoms with Gasteiger partial charge in [-0.3, -0.25) is 14.3 Å².